The van der Waals surface area contributed by atoms with E-state index in [2.05, 4.69) is 0 Å². The third-order valence-corrected chi connectivity index (χ3v) is 4.24. The molecule has 1 amide bonds. The first kappa shape index (κ1) is 20.9. The summed E-state index contributed by atoms with van der Waals surface area (Å²) >= 11 is 0. The molecule has 1 aliphatic rings. The van der Waals surface area contributed by atoms with Crippen LogP contribution in [0.5, 0.6) is 0 Å². The molecular weight excluding hydrogens is 412 g/mol. The van der Waals surface area contributed by atoms with E-state index in [1.54, 1.807) is 0 Å². The summed E-state index contributed by atoms with van der Waals surface area (Å²) in [6.45, 7) is -1.52. The fourth-order valence-corrected chi connectivity index (χ4v) is 2.85. The lowest BCUT2D eigenvalue weighted by molar-refractivity contribution is -0.160. The second kappa shape index (κ2) is 6.89. The van der Waals surface area contributed by atoms with Gasteiger partial charge in [0, 0.05) is 24.0 Å². The number of hydrogen-bond acceptors (Lipinski definition) is 1. The fraction of sp³-hybridized carbons (Fsp3) is 0.278. The molecule has 0 atom stereocenters. The van der Waals surface area contributed by atoms with Gasteiger partial charge in [0.1, 0.15) is 0 Å². The van der Waals surface area contributed by atoms with Gasteiger partial charge >= 0.3 is 12.4 Å². The molecule has 0 spiro atoms. The van der Waals surface area contributed by atoms with Crippen LogP contribution in [-0.4, -0.2) is 34.4 Å². The van der Waals surface area contributed by atoms with Crippen LogP contribution in [0.1, 0.15) is 11.1 Å². The number of rotatable bonds is 3. The van der Waals surface area contributed by atoms with Crippen molar-refractivity contribution in [3.63, 3.8) is 0 Å². The van der Waals surface area contributed by atoms with Crippen molar-refractivity contribution >= 4 is 12.1 Å². The maximum absolute atomic E-state index is 13.4. The van der Waals surface area contributed by atoms with E-state index in [-0.39, 0.29) is 11.8 Å². The SMILES string of the molecule is O=C(C=Cn1cccc1-c1ccc(C(F)(F)F)cc1C(F)(F)F)N1CC(F)(F)C1. The number of alkyl halides is 8. The van der Waals surface area contributed by atoms with Crippen LogP contribution in [0.4, 0.5) is 35.1 Å². The van der Waals surface area contributed by atoms with Crippen molar-refractivity contribution in [2.75, 3.05) is 13.1 Å². The Labute approximate surface area is 158 Å². The van der Waals surface area contributed by atoms with Gasteiger partial charge in [-0.1, -0.05) is 6.07 Å². The Morgan fingerprint density at radius 3 is 2.21 bits per heavy atom. The molecule has 0 unspecified atom stereocenters. The van der Waals surface area contributed by atoms with Gasteiger partial charge in [0.05, 0.1) is 29.9 Å². The van der Waals surface area contributed by atoms with Gasteiger partial charge in [-0.25, -0.2) is 8.78 Å². The number of aromatic nitrogens is 1. The van der Waals surface area contributed by atoms with E-state index in [4.69, 9.17) is 0 Å². The van der Waals surface area contributed by atoms with Crippen LogP contribution in [-0.2, 0) is 17.1 Å². The Morgan fingerprint density at radius 1 is 1.00 bits per heavy atom. The van der Waals surface area contributed by atoms with Gasteiger partial charge in [0.15, 0.2) is 0 Å². The lowest BCUT2D eigenvalue weighted by Gasteiger charge is -2.37. The molecule has 1 aliphatic heterocycles. The Morgan fingerprint density at radius 2 is 1.66 bits per heavy atom. The van der Waals surface area contributed by atoms with Crippen LogP contribution in [0.25, 0.3) is 17.5 Å². The largest absolute Gasteiger partial charge is 0.417 e. The number of carbonyl (C=O) groups excluding carboxylic acids is 1. The molecule has 0 saturated carbocycles. The number of halogens is 8. The van der Waals surface area contributed by atoms with E-state index < -0.39 is 54.0 Å². The molecule has 156 valence electrons. The zero-order valence-electron chi connectivity index (χ0n) is 14.4. The maximum Gasteiger partial charge on any atom is 0.417 e. The highest BCUT2D eigenvalue weighted by Gasteiger charge is 2.45. The monoisotopic (exact) mass is 424 g/mol. The van der Waals surface area contributed by atoms with Crippen molar-refractivity contribution in [2.45, 2.75) is 18.3 Å². The van der Waals surface area contributed by atoms with Crippen molar-refractivity contribution in [3.05, 3.63) is 53.7 Å². The normalized spacial score (nSPS) is 16.9. The lowest BCUT2D eigenvalue weighted by atomic mass is 10.0. The Kier molecular flexibility index (Phi) is 4.96. The van der Waals surface area contributed by atoms with Crippen molar-refractivity contribution in [1.29, 1.82) is 0 Å². The topological polar surface area (TPSA) is 25.2 Å². The fourth-order valence-electron chi connectivity index (χ4n) is 2.85. The molecule has 2 aromatic rings. The van der Waals surface area contributed by atoms with Crippen LogP contribution in [0.15, 0.2) is 42.6 Å². The summed E-state index contributed by atoms with van der Waals surface area (Å²) in [5, 5.41) is 0. The Hall–Kier alpha value is -2.85. The van der Waals surface area contributed by atoms with E-state index >= 15 is 0 Å². The maximum atomic E-state index is 13.4. The average Bonchev–Trinajstić information content (AvgIpc) is 3.03. The predicted octanol–water partition coefficient (Wildman–Crippen LogP) is 5.14. The van der Waals surface area contributed by atoms with Crippen molar-refractivity contribution in [2.24, 2.45) is 0 Å². The highest BCUT2D eigenvalue weighted by Crippen LogP contribution is 2.41. The number of hydrogen-bond donors (Lipinski definition) is 0. The first-order valence-corrected chi connectivity index (χ1v) is 8.08. The summed E-state index contributed by atoms with van der Waals surface area (Å²) in [6.07, 6.45) is -6.77. The highest BCUT2D eigenvalue weighted by molar-refractivity contribution is 5.91. The number of amides is 1. The number of nitrogens with zero attached hydrogens (tertiary/aromatic N) is 2. The molecule has 1 fully saturated rings. The molecule has 2 heterocycles. The molecule has 1 aromatic carbocycles. The van der Waals surface area contributed by atoms with Gasteiger partial charge < -0.3 is 9.47 Å². The standard InChI is InChI=1S/C18H12F8N2O/c19-16(20)9-28(10-16)15(29)5-7-27-6-1-2-14(27)12-4-3-11(17(21,22)23)8-13(12)18(24,25)26/h1-8H,9-10H2. The molecule has 0 radical (unpaired) electrons. The number of benzene rings is 1. The molecule has 0 bridgehead atoms. The minimum atomic E-state index is -5.06. The first-order valence-electron chi connectivity index (χ1n) is 8.08. The van der Waals surface area contributed by atoms with Crippen LogP contribution < -0.4 is 0 Å². The van der Waals surface area contributed by atoms with Crippen LogP contribution in [0, 0.1) is 0 Å². The molecule has 29 heavy (non-hydrogen) atoms. The summed E-state index contributed by atoms with van der Waals surface area (Å²) in [5.41, 5.74) is -3.59. The second-order valence-corrected chi connectivity index (χ2v) is 6.42. The molecule has 11 heteroatoms. The lowest BCUT2D eigenvalue weighted by Crippen LogP contribution is -2.58. The summed E-state index contributed by atoms with van der Waals surface area (Å²) < 4.78 is 105. The van der Waals surface area contributed by atoms with Gasteiger partial charge in [0.25, 0.3) is 5.92 Å². The van der Waals surface area contributed by atoms with Gasteiger partial charge in [-0.15, -0.1) is 0 Å². The average molecular weight is 424 g/mol. The summed E-state index contributed by atoms with van der Waals surface area (Å²) in [5.74, 6) is -3.73. The van der Waals surface area contributed by atoms with E-state index in [1.807, 2.05) is 0 Å². The van der Waals surface area contributed by atoms with Crippen LogP contribution >= 0.6 is 0 Å². The smallest absolute Gasteiger partial charge is 0.327 e. The van der Waals surface area contributed by atoms with E-state index in [1.165, 1.54) is 18.3 Å². The minimum absolute atomic E-state index is 0.0175. The molecule has 3 nitrogen and oxygen atoms in total. The minimum Gasteiger partial charge on any atom is -0.327 e. The molecular formula is C18H12F8N2O. The van der Waals surface area contributed by atoms with Crippen LogP contribution in [0.2, 0.25) is 0 Å². The molecule has 0 aliphatic carbocycles. The van der Waals surface area contributed by atoms with Crippen molar-refractivity contribution in [1.82, 2.24) is 9.47 Å². The summed E-state index contributed by atoms with van der Waals surface area (Å²) in [7, 11) is 0. The van der Waals surface area contributed by atoms with Gasteiger partial charge in [-0.3, -0.25) is 4.79 Å². The number of likely N-dealkylation sites (tertiary alicyclic amines) is 1. The predicted molar refractivity (Wildman–Crippen MR) is 86.7 cm³/mol. The molecule has 3 rings (SSSR count). The quantitative estimate of drug-likeness (QED) is 0.495. The third kappa shape index (κ3) is 4.43. The third-order valence-electron chi connectivity index (χ3n) is 4.24. The zero-order chi connectivity index (χ0) is 21.6. The van der Waals surface area contributed by atoms with Gasteiger partial charge in [-0.05, 0) is 24.3 Å². The van der Waals surface area contributed by atoms with Crippen LogP contribution in [0.3, 0.4) is 0 Å². The number of carbonyl (C=O) groups is 1. The highest BCUT2D eigenvalue weighted by atomic mass is 19.4. The zero-order valence-corrected chi connectivity index (χ0v) is 14.4. The van der Waals surface area contributed by atoms with E-state index in [0.717, 1.165) is 21.7 Å². The Balaban J connectivity index is 1.94. The molecule has 1 saturated heterocycles. The van der Waals surface area contributed by atoms with E-state index in [0.29, 0.717) is 12.1 Å². The first-order chi connectivity index (χ1) is 13.3. The van der Waals surface area contributed by atoms with Crippen molar-refractivity contribution in [3.8, 4) is 11.3 Å². The summed E-state index contributed by atoms with van der Waals surface area (Å²) in [4.78, 5) is 12.7. The molecule has 0 N–H and O–H groups in total. The molecule has 1 aromatic heterocycles. The van der Waals surface area contributed by atoms with Gasteiger partial charge in [0.2, 0.25) is 5.91 Å². The van der Waals surface area contributed by atoms with Crippen molar-refractivity contribution < 1.29 is 39.9 Å². The Bertz CT molecular complexity index is 948. The van der Waals surface area contributed by atoms with E-state index in [9.17, 15) is 39.9 Å². The van der Waals surface area contributed by atoms with Gasteiger partial charge in [-0.2, -0.15) is 26.3 Å². The second-order valence-electron chi connectivity index (χ2n) is 6.42. The summed E-state index contributed by atoms with van der Waals surface area (Å²) in [6, 6.07) is 3.80.